The molecule has 0 spiro atoms. The van der Waals surface area contributed by atoms with Gasteiger partial charge in [0.1, 0.15) is 6.61 Å². The van der Waals surface area contributed by atoms with E-state index in [0.29, 0.717) is 19.3 Å². The highest BCUT2D eigenvalue weighted by atomic mass is 16.6. The summed E-state index contributed by atoms with van der Waals surface area (Å²) in [6.45, 7) is 6.34. The molecular formula is C11H21NO4. The van der Waals surface area contributed by atoms with Crippen LogP contribution in [0, 0.1) is 0 Å². The van der Waals surface area contributed by atoms with Crippen molar-refractivity contribution in [1.29, 1.82) is 0 Å². The monoisotopic (exact) mass is 231 g/mol. The first kappa shape index (κ1) is 13.4. The second kappa shape index (κ2) is 7.60. The molecular weight excluding hydrogens is 210 g/mol. The molecule has 5 heteroatoms. The Morgan fingerprint density at radius 3 is 3.00 bits per heavy atom. The van der Waals surface area contributed by atoms with Crippen molar-refractivity contribution in [1.82, 2.24) is 5.32 Å². The smallest absolute Gasteiger partial charge is 0.332 e. The van der Waals surface area contributed by atoms with E-state index >= 15 is 0 Å². The van der Waals surface area contributed by atoms with Crippen LogP contribution in [0.25, 0.3) is 0 Å². The zero-order valence-corrected chi connectivity index (χ0v) is 10.0. The lowest BCUT2D eigenvalue weighted by atomic mass is 10.1. The number of rotatable bonds is 7. The highest BCUT2D eigenvalue weighted by molar-refractivity contribution is 5.70. The third-order valence-electron chi connectivity index (χ3n) is 2.55. The van der Waals surface area contributed by atoms with Crippen LogP contribution < -0.4 is 5.32 Å². The summed E-state index contributed by atoms with van der Waals surface area (Å²) in [6.07, 6.45) is 1.31. The maximum absolute atomic E-state index is 10.9. The minimum absolute atomic E-state index is 0.0340. The van der Waals surface area contributed by atoms with Crippen LogP contribution in [-0.4, -0.2) is 51.1 Å². The number of ether oxygens (including phenoxy) is 3. The van der Waals surface area contributed by atoms with Crippen LogP contribution in [0.2, 0.25) is 0 Å². The van der Waals surface area contributed by atoms with Gasteiger partial charge in [0.15, 0.2) is 0 Å². The predicted molar refractivity (Wildman–Crippen MR) is 59.3 cm³/mol. The Bertz CT molecular complexity index is 210. The molecule has 16 heavy (non-hydrogen) atoms. The van der Waals surface area contributed by atoms with Crippen LogP contribution >= 0.6 is 0 Å². The van der Waals surface area contributed by atoms with Gasteiger partial charge in [-0.2, -0.15) is 0 Å². The van der Waals surface area contributed by atoms with Crippen LogP contribution in [0.5, 0.6) is 0 Å². The Kier molecular flexibility index (Phi) is 6.37. The van der Waals surface area contributed by atoms with Crippen LogP contribution in [0.3, 0.4) is 0 Å². The molecule has 94 valence electrons. The van der Waals surface area contributed by atoms with Crippen LogP contribution in [0.4, 0.5) is 0 Å². The van der Waals surface area contributed by atoms with E-state index < -0.39 is 0 Å². The fraction of sp³-hybridized carbons (Fsp3) is 0.909. The predicted octanol–water partition coefficient (Wildman–Crippen LogP) is 0.333. The number of hydrogen-bond donors (Lipinski definition) is 1. The molecule has 0 radical (unpaired) electrons. The van der Waals surface area contributed by atoms with Crippen molar-refractivity contribution in [2.45, 2.75) is 32.4 Å². The molecule has 1 aliphatic heterocycles. The molecule has 2 atom stereocenters. The number of hydrogen-bond acceptors (Lipinski definition) is 5. The molecule has 0 aromatic rings. The van der Waals surface area contributed by atoms with Gasteiger partial charge in [0.25, 0.3) is 0 Å². The van der Waals surface area contributed by atoms with Crippen molar-refractivity contribution in [3.8, 4) is 0 Å². The minimum Gasteiger partial charge on any atom is -0.464 e. The molecule has 0 aromatic heterocycles. The summed E-state index contributed by atoms with van der Waals surface area (Å²) in [6, 6.07) is 0.409. The summed E-state index contributed by atoms with van der Waals surface area (Å²) in [5.74, 6) is -0.305. The summed E-state index contributed by atoms with van der Waals surface area (Å²) in [5, 5.41) is 3.33. The lowest BCUT2D eigenvalue weighted by Gasteiger charge is -2.15. The van der Waals surface area contributed by atoms with Crippen LogP contribution in [0.1, 0.15) is 20.3 Å². The molecule has 0 saturated carbocycles. The van der Waals surface area contributed by atoms with Gasteiger partial charge in [-0.25, -0.2) is 4.79 Å². The first-order valence-electron chi connectivity index (χ1n) is 5.82. The maximum Gasteiger partial charge on any atom is 0.332 e. The molecule has 2 unspecified atom stereocenters. The molecule has 0 aromatic carbocycles. The zero-order chi connectivity index (χ0) is 11.8. The molecule has 1 fully saturated rings. The third-order valence-corrected chi connectivity index (χ3v) is 2.55. The van der Waals surface area contributed by atoms with Crippen molar-refractivity contribution in [2.24, 2.45) is 0 Å². The van der Waals surface area contributed by atoms with Crippen molar-refractivity contribution in [3.05, 3.63) is 0 Å². The van der Waals surface area contributed by atoms with Crippen molar-refractivity contribution >= 4 is 5.97 Å². The van der Waals surface area contributed by atoms with Crippen LogP contribution in [0.15, 0.2) is 0 Å². The van der Waals surface area contributed by atoms with E-state index in [1.807, 2.05) is 0 Å². The largest absolute Gasteiger partial charge is 0.464 e. The standard InChI is InChI=1S/C11H21NO4/c1-3-15-11(13)8-14-7-5-12-10-4-6-16-9(10)2/h9-10,12H,3-8H2,1-2H3. The second-order valence-corrected chi connectivity index (χ2v) is 3.78. The van der Waals surface area contributed by atoms with Gasteiger partial charge in [-0.1, -0.05) is 0 Å². The van der Waals surface area contributed by atoms with Crippen LogP contribution in [-0.2, 0) is 19.0 Å². The average molecular weight is 231 g/mol. The number of carbonyl (C=O) groups is 1. The Morgan fingerprint density at radius 2 is 2.38 bits per heavy atom. The Hall–Kier alpha value is -0.650. The second-order valence-electron chi connectivity index (χ2n) is 3.78. The van der Waals surface area contributed by atoms with Crippen molar-refractivity contribution in [3.63, 3.8) is 0 Å². The van der Waals surface area contributed by atoms with E-state index in [0.717, 1.165) is 19.6 Å². The van der Waals surface area contributed by atoms with E-state index in [9.17, 15) is 4.79 Å². The van der Waals surface area contributed by atoms with E-state index in [4.69, 9.17) is 14.2 Å². The highest BCUT2D eigenvalue weighted by Gasteiger charge is 2.22. The SMILES string of the molecule is CCOC(=O)COCCNC1CCOC1C. The van der Waals surface area contributed by atoms with Gasteiger partial charge in [0.2, 0.25) is 0 Å². The molecule has 1 N–H and O–H groups in total. The average Bonchev–Trinajstić information content (AvgIpc) is 2.64. The lowest BCUT2D eigenvalue weighted by molar-refractivity contribution is -0.148. The molecule has 1 saturated heterocycles. The first-order chi connectivity index (χ1) is 7.74. The Balaban J connectivity index is 1.93. The van der Waals surface area contributed by atoms with E-state index in [1.54, 1.807) is 6.92 Å². The fourth-order valence-corrected chi connectivity index (χ4v) is 1.67. The van der Waals surface area contributed by atoms with Crippen molar-refractivity contribution < 1.29 is 19.0 Å². The fourth-order valence-electron chi connectivity index (χ4n) is 1.67. The normalized spacial score (nSPS) is 24.6. The lowest BCUT2D eigenvalue weighted by Crippen LogP contribution is -2.37. The summed E-state index contributed by atoms with van der Waals surface area (Å²) in [7, 11) is 0. The molecule has 1 rings (SSSR count). The number of nitrogens with one attached hydrogen (secondary N) is 1. The molecule has 0 amide bonds. The first-order valence-corrected chi connectivity index (χ1v) is 5.82. The van der Waals surface area contributed by atoms with Gasteiger partial charge in [-0.3, -0.25) is 0 Å². The summed E-state index contributed by atoms with van der Waals surface area (Å²) in [4.78, 5) is 10.9. The van der Waals surface area contributed by atoms with Gasteiger partial charge in [-0.15, -0.1) is 0 Å². The Labute approximate surface area is 96.4 Å². The van der Waals surface area contributed by atoms with Crippen molar-refractivity contribution in [2.75, 3.05) is 33.0 Å². The zero-order valence-electron chi connectivity index (χ0n) is 10.0. The molecule has 0 aliphatic carbocycles. The topological polar surface area (TPSA) is 56.8 Å². The third kappa shape index (κ3) is 4.92. The molecule has 5 nitrogen and oxygen atoms in total. The maximum atomic E-state index is 10.9. The molecule has 1 heterocycles. The molecule has 1 aliphatic rings. The highest BCUT2D eigenvalue weighted by Crippen LogP contribution is 2.11. The van der Waals surface area contributed by atoms with Gasteiger partial charge in [0, 0.05) is 19.2 Å². The number of esters is 1. The van der Waals surface area contributed by atoms with E-state index in [-0.39, 0.29) is 18.7 Å². The van der Waals surface area contributed by atoms with E-state index in [2.05, 4.69) is 12.2 Å². The Morgan fingerprint density at radius 1 is 1.56 bits per heavy atom. The minimum atomic E-state index is -0.305. The number of carbonyl (C=O) groups excluding carboxylic acids is 1. The van der Waals surface area contributed by atoms with E-state index in [1.165, 1.54) is 0 Å². The van der Waals surface area contributed by atoms with Gasteiger partial charge < -0.3 is 19.5 Å². The van der Waals surface area contributed by atoms with Gasteiger partial charge in [-0.05, 0) is 20.3 Å². The summed E-state index contributed by atoms with van der Waals surface area (Å²) < 4.78 is 15.3. The summed E-state index contributed by atoms with van der Waals surface area (Å²) >= 11 is 0. The quantitative estimate of drug-likeness (QED) is 0.505. The van der Waals surface area contributed by atoms with Gasteiger partial charge >= 0.3 is 5.97 Å². The molecule has 0 bridgehead atoms. The van der Waals surface area contributed by atoms with Gasteiger partial charge in [0.05, 0.1) is 19.3 Å². The summed E-state index contributed by atoms with van der Waals surface area (Å²) in [5.41, 5.74) is 0.